The second-order valence-corrected chi connectivity index (χ2v) is 6.17. The molecule has 0 aliphatic carbocycles. The van der Waals surface area contributed by atoms with Gasteiger partial charge < -0.3 is 10.1 Å². The first-order valence-electron chi connectivity index (χ1n) is 7.18. The number of carbonyl (C=O) groups is 1. The lowest BCUT2D eigenvalue weighted by Crippen LogP contribution is -2.36. The largest absolute Gasteiger partial charge is 0.479 e. The number of benzene rings is 1. The third-order valence-electron chi connectivity index (χ3n) is 3.67. The molecule has 0 fully saturated rings. The van der Waals surface area contributed by atoms with Crippen molar-refractivity contribution in [1.82, 2.24) is 15.1 Å². The summed E-state index contributed by atoms with van der Waals surface area (Å²) in [5, 5.41) is 8.07. The summed E-state index contributed by atoms with van der Waals surface area (Å²) in [6, 6.07) is 4.88. The van der Waals surface area contributed by atoms with Crippen molar-refractivity contribution in [1.29, 1.82) is 0 Å². The van der Waals surface area contributed by atoms with Crippen LogP contribution in [0.4, 0.5) is 0 Å². The van der Waals surface area contributed by atoms with Gasteiger partial charge in [-0.05, 0) is 39.0 Å². The van der Waals surface area contributed by atoms with Crippen LogP contribution in [-0.2, 0) is 18.4 Å². The molecule has 2 rings (SSSR count). The number of ether oxygens (including phenoxy) is 1. The minimum absolute atomic E-state index is 0.223. The van der Waals surface area contributed by atoms with Crippen LogP contribution in [0.25, 0.3) is 0 Å². The summed E-state index contributed by atoms with van der Waals surface area (Å²) in [4.78, 5) is 12.2. The summed E-state index contributed by atoms with van der Waals surface area (Å²) in [5.41, 5.74) is 2.94. The third-order valence-corrected chi connectivity index (χ3v) is 4.20. The van der Waals surface area contributed by atoms with Crippen LogP contribution in [0.2, 0.25) is 10.0 Å². The zero-order valence-electron chi connectivity index (χ0n) is 13.5. The van der Waals surface area contributed by atoms with E-state index in [1.165, 1.54) is 0 Å². The van der Waals surface area contributed by atoms with Crippen molar-refractivity contribution < 1.29 is 9.53 Å². The fourth-order valence-electron chi connectivity index (χ4n) is 2.21. The SMILES string of the molecule is Cc1nn(C)c(C)c1CNC(=O)C(C)Oc1ccc(Cl)cc1Cl. The predicted octanol–water partition coefficient (Wildman–Crippen LogP) is 3.43. The second kappa shape index (κ2) is 7.23. The van der Waals surface area contributed by atoms with Crippen molar-refractivity contribution >= 4 is 29.1 Å². The molecular weight excluding hydrogens is 337 g/mol. The van der Waals surface area contributed by atoms with Crippen molar-refractivity contribution in [2.24, 2.45) is 7.05 Å². The Hall–Kier alpha value is -1.72. The number of hydrogen-bond acceptors (Lipinski definition) is 3. The smallest absolute Gasteiger partial charge is 0.261 e. The topological polar surface area (TPSA) is 56.2 Å². The summed E-state index contributed by atoms with van der Waals surface area (Å²) in [5.74, 6) is 0.200. The van der Waals surface area contributed by atoms with E-state index in [-0.39, 0.29) is 5.91 Å². The Bertz CT molecular complexity index is 728. The summed E-state index contributed by atoms with van der Waals surface area (Å²) >= 11 is 11.9. The minimum Gasteiger partial charge on any atom is -0.479 e. The molecular formula is C16H19Cl2N3O2. The lowest BCUT2D eigenvalue weighted by atomic mass is 10.2. The maximum Gasteiger partial charge on any atom is 0.261 e. The van der Waals surface area contributed by atoms with Crippen LogP contribution in [0, 0.1) is 13.8 Å². The predicted molar refractivity (Wildman–Crippen MR) is 91.1 cm³/mol. The molecule has 1 heterocycles. The Kier molecular flexibility index (Phi) is 5.55. The summed E-state index contributed by atoms with van der Waals surface area (Å²) < 4.78 is 7.39. The van der Waals surface area contributed by atoms with Gasteiger partial charge in [-0.1, -0.05) is 23.2 Å². The van der Waals surface area contributed by atoms with Crippen LogP contribution in [0.1, 0.15) is 23.9 Å². The number of aromatic nitrogens is 2. The first-order chi connectivity index (χ1) is 10.8. The van der Waals surface area contributed by atoms with Crippen LogP contribution >= 0.6 is 23.2 Å². The van der Waals surface area contributed by atoms with Gasteiger partial charge in [-0.25, -0.2) is 0 Å². The number of hydrogen-bond donors (Lipinski definition) is 1. The van der Waals surface area contributed by atoms with Crippen molar-refractivity contribution in [2.75, 3.05) is 0 Å². The molecule has 1 atom stereocenters. The van der Waals surface area contributed by atoms with Crippen LogP contribution in [0.15, 0.2) is 18.2 Å². The van der Waals surface area contributed by atoms with Crippen LogP contribution in [0.3, 0.4) is 0 Å². The second-order valence-electron chi connectivity index (χ2n) is 5.33. The molecule has 1 amide bonds. The highest BCUT2D eigenvalue weighted by atomic mass is 35.5. The maximum atomic E-state index is 12.2. The monoisotopic (exact) mass is 355 g/mol. The molecule has 1 N–H and O–H groups in total. The van der Waals surface area contributed by atoms with Gasteiger partial charge in [-0.3, -0.25) is 9.48 Å². The van der Waals surface area contributed by atoms with E-state index in [2.05, 4.69) is 10.4 Å². The Morgan fingerprint density at radius 3 is 2.65 bits per heavy atom. The zero-order chi connectivity index (χ0) is 17.1. The fraction of sp³-hybridized carbons (Fsp3) is 0.375. The fourth-order valence-corrected chi connectivity index (χ4v) is 2.66. The Morgan fingerprint density at radius 1 is 1.39 bits per heavy atom. The lowest BCUT2D eigenvalue weighted by Gasteiger charge is -2.16. The number of rotatable bonds is 5. The first kappa shape index (κ1) is 17.6. The van der Waals surface area contributed by atoms with Crippen molar-refractivity contribution in [3.05, 3.63) is 45.2 Å². The van der Waals surface area contributed by atoms with Gasteiger partial charge in [0.25, 0.3) is 5.91 Å². The Labute approximate surface area is 145 Å². The van der Waals surface area contributed by atoms with Gasteiger partial charge in [0, 0.05) is 29.9 Å². The summed E-state index contributed by atoms with van der Waals surface area (Å²) in [7, 11) is 1.88. The standard InChI is InChI=1S/C16H19Cl2N3O2/c1-9-13(10(2)21(4)20-9)8-19-16(22)11(3)23-15-6-5-12(17)7-14(15)18/h5-7,11H,8H2,1-4H3,(H,19,22). The number of nitrogens with one attached hydrogen (secondary N) is 1. The highest BCUT2D eigenvalue weighted by molar-refractivity contribution is 6.35. The van der Waals surface area contributed by atoms with Crippen molar-refractivity contribution in [3.63, 3.8) is 0 Å². The van der Waals surface area contributed by atoms with Gasteiger partial charge in [0.15, 0.2) is 6.10 Å². The highest BCUT2D eigenvalue weighted by Gasteiger charge is 2.17. The van der Waals surface area contributed by atoms with Crippen molar-refractivity contribution in [2.45, 2.75) is 33.4 Å². The van der Waals surface area contributed by atoms with Crippen LogP contribution in [-0.4, -0.2) is 21.8 Å². The number of halogens is 2. The molecule has 23 heavy (non-hydrogen) atoms. The first-order valence-corrected chi connectivity index (χ1v) is 7.93. The molecule has 1 aromatic heterocycles. The van der Waals surface area contributed by atoms with E-state index < -0.39 is 6.10 Å². The van der Waals surface area contributed by atoms with E-state index in [0.29, 0.717) is 22.3 Å². The van der Waals surface area contributed by atoms with E-state index in [0.717, 1.165) is 17.0 Å². The highest BCUT2D eigenvalue weighted by Crippen LogP contribution is 2.28. The maximum absolute atomic E-state index is 12.2. The van der Waals surface area contributed by atoms with Gasteiger partial charge in [0.05, 0.1) is 10.7 Å². The third kappa shape index (κ3) is 4.18. The molecule has 2 aromatic rings. The summed E-state index contributed by atoms with van der Waals surface area (Å²) in [6.45, 7) is 5.96. The van der Waals surface area contributed by atoms with Crippen LogP contribution < -0.4 is 10.1 Å². The molecule has 0 bridgehead atoms. The molecule has 0 aliphatic heterocycles. The number of carbonyl (C=O) groups excluding carboxylic acids is 1. The molecule has 1 unspecified atom stereocenters. The quantitative estimate of drug-likeness (QED) is 0.893. The molecule has 0 radical (unpaired) electrons. The normalized spacial score (nSPS) is 12.1. The van der Waals surface area contributed by atoms with Gasteiger partial charge in [-0.15, -0.1) is 0 Å². The lowest BCUT2D eigenvalue weighted by molar-refractivity contribution is -0.127. The Balaban J connectivity index is 1.97. The molecule has 7 heteroatoms. The minimum atomic E-state index is -0.675. The van der Waals surface area contributed by atoms with E-state index in [9.17, 15) is 4.79 Å². The van der Waals surface area contributed by atoms with Crippen LogP contribution in [0.5, 0.6) is 5.75 Å². The molecule has 0 saturated heterocycles. The number of nitrogens with zero attached hydrogens (tertiary/aromatic N) is 2. The molecule has 1 aromatic carbocycles. The van der Waals surface area contributed by atoms with E-state index in [1.807, 2.05) is 20.9 Å². The average Bonchev–Trinajstić information content (AvgIpc) is 2.72. The van der Waals surface area contributed by atoms with Crippen molar-refractivity contribution in [3.8, 4) is 5.75 Å². The van der Waals surface area contributed by atoms with Gasteiger partial charge >= 0.3 is 0 Å². The molecule has 5 nitrogen and oxygen atoms in total. The van der Waals surface area contributed by atoms with E-state index in [1.54, 1.807) is 29.8 Å². The molecule has 0 aliphatic rings. The van der Waals surface area contributed by atoms with E-state index >= 15 is 0 Å². The molecule has 124 valence electrons. The molecule has 0 spiro atoms. The zero-order valence-corrected chi connectivity index (χ0v) is 15.0. The average molecular weight is 356 g/mol. The van der Waals surface area contributed by atoms with Gasteiger partial charge in [0.1, 0.15) is 5.75 Å². The number of amides is 1. The molecule has 0 saturated carbocycles. The van der Waals surface area contributed by atoms with Gasteiger partial charge in [0.2, 0.25) is 0 Å². The Morgan fingerprint density at radius 2 is 2.09 bits per heavy atom. The summed E-state index contributed by atoms with van der Waals surface area (Å²) in [6.07, 6.45) is -0.675. The number of aryl methyl sites for hydroxylation is 2. The van der Waals surface area contributed by atoms with Gasteiger partial charge in [-0.2, -0.15) is 5.10 Å². The van der Waals surface area contributed by atoms with E-state index in [4.69, 9.17) is 27.9 Å².